The minimum atomic E-state index is -4.73. The molecule has 3 heterocycles. The highest BCUT2D eigenvalue weighted by atomic mass is 32.2. The van der Waals surface area contributed by atoms with E-state index in [1.807, 2.05) is 6.07 Å². The van der Waals surface area contributed by atoms with Gasteiger partial charge in [0.25, 0.3) is 6.47 Å². The van der Waals surface area contributed by atoms with Crippen molar-refractivity contribution >= 4 is 22.1 Å². The zero-order chi connectivity index (χ0) is 30.2. The standard InChI is InChI=1S/C27H30F3N5O3S.CH2O2/c28-27(29,30)38-22-5-3-4-19(14-22)20-6-8-24(25(15-20)35-12-1-2-13-35)34-26-9-7-23(16-32-26)39(36,37)17-21-10-11-31-18-33-21;2-1-3/h3-5,7,9-11,14,16,18,20,24-25H,1-2,6,8,12-13,15,17H2,(H,32,34);1H,(H,2,3)/t20-,24-,25-;/m0./s1. The highest BCUT2D eigenvalue weighted by Gasteiger charge is 2.37. The topological polar surface area (TPSA) is 135 Å². The molecule has 1 aliphatic heterocycles. The zero-order valence-corrected chi connectivity index (χ0v) is 23.5. The van der Waals surface area contributed by atoms with Crippen LogP contribution in [0.3, 0.4) is 0 Å². The number of carbonyl (C=O) groups is 1. The van der Waals surface area contributed by atoms with Crippen LogP contribution in [-0.2, 0) is 20.4 Å². The number of hydrogen-bond acceptors (Lipinski definition) is 9. The number of hydrogen-bond donors (Lipinski definition) is 2. The van der Waals surface area contributed by atoms with Gasteiger partial charge in [0.1, 0.15) is 17.9 Å². The van der Waals surface area contributed by atoms with Gasteiger partial charge in [-0.25, -0.2) is 23.4 Å². The Morgan fingerprint density at radius 1 is 1.10 bits per heavy atom. The lowest BCUT2D eigenvalue weighted by atomic mass is 9.78. The Bertz CT molecular complexity index is 1410. The van der Waals surface area contributed by atoms with Gasteiger partial charge in [0.05, 0.1) is 16.3 Å². The van der Waals surface area contributed by atoms with Crippen LogP contribution in [0, 0.1) is 0 Å². The second kappa shape index (κ2) is 13.9. The monoisotopic (exact) mass is 607 g/mol. The maximum absolute atomic E-state index is 12.8. The number of benzene rings is 1. The molecule has 0 amide bonds. The van der Waals surface area contributed by atoms with Gasteiger partial charge in [-0.3, -0.25) is 9.69 Å². The van der Waals surface area contributed by atoms with Gasteiger partial charge in [0.15, 0.2) is 9.84 Å². The number of carboxylic acid groups (broad SMARTS) is 1. The number of halogens is 3. The molecular weight excluding hydrogens is 575 g/mol. The zero-order valence-electron chi connectivity index (χ0n) is 22.7. The van der Waals surface area contributed by atoms with Gasteiger partial charge in [-0.1, -0.05) is 12.1 Å². The lowest BCUT2D eigenvalue weighted by Crippen LogP contribution is -2.49. The predicted octanol–water partition coefficient (Wildman–Crippen LogP) is 4.66. The third-order valence-corrected chi connectivity index (χ3v) is 9.03. The number of ether oxygens (including phenoxy) is 1. The van der Waals surface area contributed by atoms with E-state index in [0.717, 1.165) is 50.8 Å². The number of anilines is 1. The molecular formula is C28H32F3N5O5S. The van der Waals surface area contributed by atoms with Crippen molar-refractivity contribution in [3.05, 3.63) is 72.4 Å². The van der Waals surface area contributed by atoms with Gasteiger partial charge < -0.3 is 15.2 Å². The third-order valence-electron chi connectivity index (χ3n) is 7.40. The Morgan fingerprint density at radius 3 is 2.50 bits per heavy atom. The summed E-state index contributed by atoms with van der Waals surface area (Å²) in [6.45, 7) is 1.70. The first kappa shape index (κ1) is 31.2. The van der Waals surface area contributed by atoms with Crippen molar-refractivity contribution in [1.82, 2.24) is 19.9 Å². The molecule has 14 heteroatoms. The van der Waals surface area contributed by atoms with Crippen molar-refractivity contribution in [2.45, 2.75) is 67.1 Å². The highest BCUT2D eigenvalue weighted by Crippen LogP contribution is 2.39. The van der Waals surface area contributed by atoms with Crippen LogP contribution in [0.25, 0.3) is 0 Å². The van der Waals surface area contributed by atoms with E-state index in [0.29, 0.717) is 11.5 Å². The fourth-order valence-electron chi connectivity index (χ4n) is 5.58. The summed E-state index contributed by atoms with van der Waals surface area (Å²) in [6, 6.07) is 11.3. The van der Waals surface area contributed by atoms with Crippen molar-refractivity contribution in [3.63, 3.8) is 0 Å². The molecule has 1 saturated heterocycles. The van der Waals surface area contributed by atoms with Crippen molar-refractivity contribution < 1.29 is 36.2 Å². The molecule has 5 rings (SSSR count). The smallest absolute Gasteiger partial charge is 0.483 e. The molecule has 0 radical (unpaired) electrons. The van der Waals surface area contributed by atoms with Crippen molar-refractivity contribution in [2.75, 3.05) is 18.4 Å². The van der Waals surface area contributed by atoms with E-state index in [-0.39, 0.29) is 40.9 Å². The van der Waals surface area contributed by atoms with E-state index >= 15 is 0 Å². The van der Waals surface area contributed by atoms with Crippen LogP contribution >= 0.6 is 0 Å². The van der Waals surface area contributed by atoms with Gasteiger partial charge in [-0.2, -0.15) is 0 Å². The third kappa shape index (κ3) is 8.61. The maximum atomic E-state index is 12.8. The number of pyridine rings is 1. The second-order valence-electron chi connectivity index (χ2n) is 10.1. The highest BCUT2D eigenvalue weighted by molar-refractivity contribution is 7.90. The first-order valence-electron chi connectivity index (χ1n) is 13.5. The molecule has 3 atom stereocenters. The van der Waals surface area contributed by atoms with Gasteiger partial charge in [0.2, 0.25) is 0 Å². The van der Waals surface area contributed by atoms with Crippen LogP contribution in [0.2, 0.25) is 0 Å². The largest absolute Gasteiger partial charge is 0.573 e. The van der Waals surface area contributed by atoms with Crippen LogP contribution in [0.5, 0.6) is 5.75 Å². The number of alkyl halides is 3. The molecule has 226 valence electrons. The molecule has 3 aromatic rings. The molecule has 10 nitrogen and oxygen atoms in total. The average Bonchev–Trinajstić information content (AvgIpc) is 3.49. The number of aromatic nitrogens is 3. The normalized spacial score (nSPS) is 21.2. The quantitative estimate of drug-likeness (QED) is 0.348. The fourth-order valence-corrected chi connectivity index (χ4v) is 6.80. The summed E-state index contributed by atoms with van der Waals surface area (Å²) in [5, 5.41) is 10.4. The summed E-state index contributed by atoms with van der Waals surface area (Å²) in [5.41, 5.74) is 1.25. The van der Waals surface area contributed by atoms with Gasteiger partial charge in [-0.05, 0) is 87.0 Å². The summed E-state index contributed by atoms with van der Waals surface area (Å²) in [7, 11) is -3.61. The first-order valence-corrected chi connectivity index (χ1v) is 15.1. The molecule has 1 aromatic carbocycles. The van der Waals surface area contributed by atoms with Crippen LogP contribution in [0.15, 0.2) is 66.1 Å². The number of likely N-dealkylation sites (tertiary alicyclic amines) is 1. The van der Waals surface area contributed by atoms with E-state index in [9.17, 15) is 21.6 Å². The molecule has 1 saturated carbocycles. The maximum Gasteiger partial charge on any atom is 0.573 e. The fraction of sp³-hybridized carbons (Fsp3) is 0.429. The van der Waals surface area contributed by atoms with E-state index in [1.54, 1.807) is 24.3 Å². The molecule has 0 unspecified atom stereocenters. The summed E-state index contributed by atoms with van der Waals surface area (Å²) in [4.78, 5) is 23.1. The summed E-state index contributed by atoms with van der Waals surface area (Å²) >= 11 is 0. The van der Waals surface area contributed by atoms with Crippen LogP contribution < -0.4 is 10.1 Å². The minimum absolute atomic E-state index is 0.0740. The van der Waals surface area contributed by atoms with E-state index < -0.39 is 16.2 Å². The molecule has 2 aliphatic rings. The Balaban J connectivity index is 0.00000129. The second-order valence-corrected chi connectivity index (χ2v) is 12.1. The summed E-state index contributed by atoms with van der Waals surface area (Å²) in [5.74, 6) is 0.258. The van der Waals surface area contributed by atoms with Crippen LogP contribution in [-0.4, -0.2) is 71.4 Å². The number of rotatable bonds is 8. The van der Waals surface area contributed by atoms with E-state index in [1.165, 1.54) is 30.9 Å². The Labute approximate surface area is 241 Å². The number of nitrogens with one attached hydrogen (secondary N) is 1. The Morgan fingerprint density at radius 2 is 1.86 bits per heavy atom. The van der Waals surface area contributed by atoms with Crippen molar-refractivity contribution in [2.24, 2.45) is 0 Å². The molecule has 2 aromatic heterocycles. The van der Waals surface area contributed by atoms with Crippen molar-refractivity contribution in [3.8, 4) is 5.75 Å². The average molecular weight is 608 g/mol. The SMILES string of the molecule is O=CO.O=S(=O)(Cc1ccncn1)c1ccc(N[C@H]2CC[C@H](c3cccc(OC(F)(F)F)c3)C[C@@H]2N2CCCC2)nc1. The van der Waals surface area contributed by atoms with Crippen molar-refractivity contribution in [1.29, 1.82) is 0 Å². The lowest BCUT2D eigenvalue weighted by molar-refractivity contribution is -0.274. The van der Waals surface area contributed by atoms with E-state index in [2.05, 4.69) is 29.9 Å². The minimum Gasteiger partial charge on any atom is -0.483 e. The number of sulfone groups is 1. The van der Waals surface area contributed by atoms with Gasteiger partial charge >= 0.3 is 6.36 Å². The lowest BCUT2D eigenvalue weighted by Gasteiger charge is -2.42. The predicted molar refractivity (Wildman–Crippen MR) is 148 cm³/mol. The van der Waals surface area contributed by atoms with Crippen LogP contribution in [0.1, 0.15) is 49.3 Å². The Kier molecular flexibility index (Phi) is 10.3. The molecule has 2 fully saturated rings. The van der Waals surface area contributed by atoms with Gasteiger partial charge in [-0.15, -0.1) is 13.2 Å². The molecule has 42 heavy (non-hydrogen) atoms. The van der Waals surface area contributed by atoms with Gasteiger partial charge in [0, 0.05) is 24.5 Å². The first-order chi connectivity index (χ1) is 20.1. The molecule has 0 bridgehead atoms. The van der Waals surface area contributed by atoms with Crippen LogP contribution in [0.4, 0.5) is 19.0 Å². The summed E-state index contributed by atoms with van der Waals surface area (Å²) in [6.07, 6.45) is 4.06. The molecule has 1 aliphatic carbocycles. The van der Waals surface area contributed by atoms with E-state index in [4.69, 9.17) is 9.90 Å². The molecule has 2 N–H and O–H groups in total. The Hall–Kier alpha value is -3.78. The molecule has 0 spiro atoms. The summed E-state index contributed by atoms with van der Waals surface area (Å²) < 4.78 is 68.0. The number of nitrogens with zero attached hydrogens (tertiary/aromatic N) is 4.